The molecule has 0 radical (unpaired) electrons. The van der Waals surface area contributed by atoms with Crippen molar-refractivity contribution in [2.75, 3.05) is 34.8 Å². The van der Waals surface area contributed by atoms with Gasteiger partial charge in [-0.25, -0.2) is 4.98 Å². The Kier molecular flexibility index (Phi) is 6.63. The lowest BCUT2D eigenvalue weighted by Crippen LogP contribution is -2.38. The van der Waals surface area contributed by atoms with Crippen LogP contribution in [-0.4, -0.2) is 36.7 Å². The number of amides is 1. The van der Waals surface area contributed by atoms with Crippen LogP contribution in [0.3, 0.4) is 0 Å². The van der Waals surface area contributed by atoms with Crippen LogP contribution in [0.15, 0.2) is 48.7 Å². The first kappa shape index (κ1) is 22.0. The fourth-order valence-corrected chi connectivity index (χ4v) is 5.16. The first-order chi connectivity index (χ1) is 16.2. The molecule has 1 fully saturated rings. The normalized spacial score (nSPS) is 22.2. The van der Waals surface area contributed by atoms with Crippen LogP contribution in [0.1, 0.15) is 51.0 Å². The predicted molar refractivity (Wildman–Crippen MR) is 133 cm³/mol. The number of rotatable bonds is 5. The van der Waals surface area contributed by atoms with Crippen molar-refractivity contribution in [3.8, 4) is 0 Å². The smallest absolute Gasteiger partial charge is 0.230 e. The number of pyridine rings is 1. The number of hydrogen-bond donors (Lipinski definition) is 1. The van der Waals surface area contributed by atoms with Gasteiger partial charge in [0.1, 0.15) is 5.82 Å². The van der Waals surface area contributed by atoms with E-state index >= 15 is 0 Å². The predicted octanol–water partition coefficient (Wildman–Crippen LogP) is 5.42. The Balaban J connectivity index is 1.43. The van der Waals surface area contributed by atoms with E-state index in [9.17, 15) is 4.79 Å². The maximum atomic E-state index is 13.9. The van der Waals surface area contributed by atoms with Crippen molar-refractivity contribution in [2.24, 2.45) is 5.92 Å². The van der Waals surface area contributed by atoms with Gasteiger partial charge in [-0.05, 0) is 62.8 Å². The molecule has 33 heavy (non-hydrogen) atoms. The molecule has 3 aliphatic rings. The fourth-order valence-electron chi connectivity index (χ4n) is 5.16. The summed E-state index contributed by atoms with van der Waals surface area (Å²) in [6, 6.07) is 10.4. The highest BCUT2D eigenvalue weighted by Gasteiger charge is 2.33. The molecule has 0 spiro atoms. The van der Waals surface area contributed by atoms with Crippen LogP contribution >= 0.6 is 0 Å². The van der Waals surface area contributed by atoms with Gasteiger partial charge in [0.15, 0.2) is 0 Å². The zero-order valence-electron chi connectivity index (χ0n) is 19.5. The van der Waals surface area contributed by atoms with Gasteiger partial charge in [0, 0.05) is 43.1 Å². The minimum absolute atomic E-state index is 0.0409. The first-order valence-corrected chi connectivity index (χ1v) is 12.4. The summed E-state index contributed by atoms with van der Waals surface area (Å²) < 4.78 is 5.96. The summed E-state index contributed by atoms with van der Waals surface area (Å²) in [6.45, 7) is 5.40. The second kappa shape index (κ2) is 9.96. The number of anilines is 4. The van der Waals surface area contributed by atoms with Crippen LogP contribution in [0.25, 0.3) is 0 Å². The lowest BCUT2D eigenvalue weighted by molar-refractivity contribution is -0.124. The monoisotopic (exact) mass is 446 g/mol. The third-order valence-corrected chi connectivity index (χ3v) is 7.02. The number of carbonyl (C=O) groups is 1. The number of fused-ring (bicyclic) bond motifs is 2. The molecule has 3 heterocycles. The van der Waals surface area contributed by atoms with Gasteiger partial charge in [0.2, 0.25) is 5.91 Å². The molecule has 174 valence electrons. The van der Waals surface area contributed by atoms with E-state index in [1.807, 2.05) is 11.0 Å². The van der Waals surface area contributed by atoms with Crippen molar-refractivity contribution in [2.45, 2.75) is 58.1 Å². The highest BCUT2D eigenvalue weighted by molar-refractivity contribution is 6.00. The average molecular weight is 447 g/mol. The highest BCUT2D eigenvalue weighted by atomic mass is 16.5. The largest absolute Gasteiger partial charge is 0.378 e. The van der Waals surface area contributed by atoms with Crippen molar-refractivity contribution >= 4 is 28.8 Å². The minimum atomic E-state index is 0.0409. The third kappa shape index (κ3) is 4.76. The zero-order valence-corrected chi connectivity index (χ0v) is 19.5. The molecule has 1 saturated carbocycles. The number of nitrogens with zero attached hydrogens (tertiary/aromatic N) is 3. The van der Waals surface area contributed by atoms with Crippen molar-refractivity contribution in [3.63, 3.8) is 0 Å². The van der Waals surface area contributed by atoms with Crippen molar-refractivity contribution < 1.29 is 9.53 Å². The number of aromatic nitrogens is 1. The summed E-state index contributed by atoms with van der Waals surface area (Å²) in [5, 5.41) is 3.49. The van der Waals surface area contributed by atoms with Crippen LogP contribution in [-0.2, 0) is 16.1 Å². The van der Waals surface area contributed by atoms with E-state index < -0.39 is 0 Å². The zero-order chi connectivity index (χ0) is 22.6. The average Bonchev–Trinajstić information content (AvgIpc) is 3.04. The van der Waals surface area contributed by atoms with E-state index in [0.717, 1.165) is 86.7 Å². The van der Waals surface area contributed by atoms with E-state index in [1.165, 1.54) is 0 Å². The van der Waals surface area contributed by atoms with Gasteiger partial charge in [0.25, 0.3) is 0 Å². The molecule has 0 unspecified atom stereocenters. The highest BCUT2D eigenvalue weighted by Crippen LogP contribution is 2.40. The fraction of sp³-hybridized carbons (Fsp3) is 0.481. The minimum Gasteiger partial charge on any atom is -0.378 e. The second-order valence-electron chi connectivity index (χ2n) is 9.31. The Morgan fingerprint density at radius 3 is 2.85 bits per heavy atom. The molecule has 6 heteroatoms. The summed E-state index contributed by atoms with van der Waals surface area (Å²) in [4.78, 5) is 22.8. The van der Waals surface area contributed by atoms with Gasteiger partial charge in [-0.15, -0.1) is 0 Å². The Labute approximate surface area is 196 Å². The van der Waals surface area contributed by atoms with Crippen LogP contribution in [0, 0.1) is 5.92 Å². The standard InChI is InChI=1S/C27H34N4O2/c1-2-17-33-23-11-8-20(9-12-23)27(32)31-19-21-7-6-14-28-26(21)29-24-13-10-22(18-25(24)31)30-15-4-3-5-16-30/h3-4,6-7,10,13-14,18,20,23H,2,5,8-9,11-12,15-17,19H2,1H3,(H,28,29)/t20-,23-. The summed E-state index contributed by atoms with van der Waals surface area (Å²) in [5.41, 5.74) is 4.10. The molecule has 1 aliphatic carbocycles. The maximum Gasteiger partial charge on any atom is 0.230 e. The van der Waals surface area contributed by atoms with Gasteiger partial charge < -0.3 is 19.9 Å². The number of ether oxygens (including phenoxy) is 1. The van der Waals surface area contributed by atoms with Crippen LogP contribution in [0.2, 0.25) is 0 Å². The quantitative estimate of drug-likeness (QED) is 0.621. The van der Waals surface area contributed by atoms with E-state index in [1.54, 1.807) is 6.20 Å². The number of benzene rings is 1. The maximum absolute atomic E-state index is 13.9. The van der Waals surface area contributed by atoms with Crippen LogP contribution in [0.4, 0.5) is 22.9 Å². The molecule has 2 aromatic rings. The molecule has 1 N–H and O–H groups in total. The molecular weight excluding hydrogens is 412 g/mol. The first-order valence-electron chi connectivity index (χ1n) is 12.4. The SMILES string of the molecule is CCCO[C@H]1CC[C@H](C(=O)N2Cc3cccnc3Nc3ccc(N4CC=CCC4)cc32)CC1. The molecule has 1 aromatic carbocycles. The lowest BCUT2D eigenvalue weighted by Gasteiger charge is -2.33. The molecule has 1 aromatic heterocycles. The van der Waals surface area contributed by atoms with Gasteiger partial charge in [-0.3, -0.25) is 4.79 Å². The topological polar surface area (TPSA) is 57.7 Å². The lowest BCUT2D eigenvalue weighted by atomic mass is 9.86. The summed E-state index contributed by atoms with van der Waals surface area (Å²) in [6.07, 6.45) is 12.4. The summed E-state index contributed by atoms with van der Waals surface area (Å²) >= 11 is 0. The van der Waals surface area contributed by atoms with Crippen LogP contribution < -0.4 is 15.1 Å². The molecule has 5 rings (SSSR count). The molecule has 0 atom stereocenters. The van der Waals surface area contributed by atoms with Crippen LogP contribution in [0.5, 0.6) is 0 Å². The summed E-state index contributed by atoms with van der Waals surface area (Å²) in [7, 11) is 0. The second-order valence-corrected chi connectivity index (χ2v) is 9.31. The Morgan fingerprint density at radius 2 is 2.06 bits per heavy atom. The molecule has 2 aliphatic heterocycles. The van der Waals surface area contributed by atoms with Gasteiger partial charge in [-0.2, -0.15) is 0 Å². The Hall–Kier alpha value is -2.86. The van der Waals surface area contributed by atoms with Crippen molar-refractivity contribution in [1.82, 2.24) is 4.98 Å². The van der Waals surface area contributed by atoms with E-state index in [0.29, 0.717) is 12.6 Å². The number of nitrogens with one attached hydrogen (secondary N) is 1. The molecular formula is C27H34N4O2. The van der Waals surface area contributed by atoms with Gasteiger partial charge in [0.05, 0.1) is 24.0 Å². The Bertz CT molecular complexity index is 1010. The van der Waals surface area contributed by atoms with Crippen molar-refractivity contribution in [3.05, 3.63) is 54.2 Å². The molecule has 0 bridgehead atoms. The molecule has 6 nitrogen and oxygen atoms in total. The van der Waals surface area contributed by atoms with Gasteiger partial charge >= 0.3 is 0 Å². The van der Waals surface area contributed by atoms with Crippen molar-refractivity contribution in [1.29, 1.82) is 0 Å². The molecule has 0 saturated heterocycles. The number of carbonyl (C=O) groups excluding carboxylic acids is 1. The van der Waals surface area contributed by atoms with Gasteiger partial charge in [-0.1, -0.05) is 25.1 Å². The van der Waals surface area contributed by atoms with E-state index in [4.69, 9.17) is 4.74 Å². The van der Waals surface area contributed by atoms with E-state index in [2.05, 4.69) is 58.5 Å². The third-order valence-electron chi connectivity index (χ3n) is 7.02. The summed E-state index contributed by atoms with van der Waals surface area (Å²) in [5.74, 6) is 1.10. The number of hydrogen-bond acceptors (Lipinski definition) is 5. The van der Waals surface area contributed by atoms with E-state index in [-0.39, 0.29) is 11.8 Å². The Morgan fingerprint density at radius 1 is 1.18 bits per heavy atom. The molecule has 1 amide bonds.